The first-order chi connectivity index (χ1) is 7.40. The molecule has 0 rings (SSSR count). The largest absolute Gasteiger partial charge is 0.465 e. The zero-order valence-electron chi connectivity index (χ0n) is 9.26. The summed E-state index contributed by atoms with van der Waals surface area (Å²) in [5.41, 5.74) is 0. The predicted molar refractivity (Wildman–Crippen MR) is 57.5 cm³/mol. The van der Waals surface area contributed by atoms with Crippen molar-refractivity contribution in [2.75, 3.05) is 25.2 Å². The molecule has 0 saturated carbocycles. The highest BCUT2D eigenvalue weighted by Crippen LogP contribution is 2.13. The van der Waals surface area contributed by atoms with Gasteiger partial charge in [-0.1, -0.05) is 0 Å². The minimum Gasteiger partial charge on any atom is -0.465 e. The Balaban J connectivity index is 4.14. The quantitative estimate of drug-likeness (QED) is 0.708. The van der Waals surface area contributed by atoms with E-state index in [1.54, 1.807) is 6.92 Å². The van der Waals surface area contributed by atoms with E-state index in [0.717, 1.165) is 0 Å². The molecule has 1 N–H and O–H groups in total. The number of hydrogen-bond acceptors (Lipinski definition) is 4. The lowest BCUT2D eigenvalue weighted by atomic mass is 10.2. The van der Waals surface area contributed by atoms with Crippen molar-refractivity contribution in [3.63, 3.8) is 0 Å². The van der Waals surface area contributed by atoms with Crippen LogP contribution in [-0.4, -0.2) is 43.3 Å². The summed E-state index contributed by atoms with van der Waals surface area (Å²) >= 11 is 1.47. The average molecular weight is 259 g/mol. The number of esters is 1. The standard InChI is InChI=1S/C9H16F3NO2S/c1-3-15-8(14)7(4-5-16-2)13-6-9(10,11)12/h7,13H,3-6H2,1-2H3. The van der Waals surface area contributed by atoms with Crippen LogP contribution in [-0.2, 0) is 9.53 Å². The molecule has 0 fully saturated rings. The van der Waals surface area contributed by atoms with E-state index in [-0.39, 0.29) is 6.61 Å². The summed E-state index contributed by atoms with van der Waals surface area (Å²) in [7, 11) is 0. The van der Waals surface area contributed by atoms with Crippen molar-refractivity contribution in [2.24, 2.45) is 0 Å². The lowest BCUT2D eigenvalue weighted by molar-refractivity contribution is -0.148. The summed E-state index contributed by atoms with van der Waals surface area (Å²) in [4.78, 5) is 11.3. The van der Waals surface area contributed by atoms with E-state index < -0.39 is 24.7 Å². The molecule has 0 heterocycles. The van der Waals surface area contributed by atoms with Crippen molar-refractivity contribution in [3.8, 4) is 0 Å². The minimum atomic E-state index is -4.32. The van der Waals surface area contributed by atoms with E-state index >= 15 is 0 Å². The highest BCUT2D eigenvalue weighted by molar-refractivity contribution is 7.98. The van der Waals surface area contributed by atoms with Crippen molar-refractivity contribution in [1.82, 2.24) is 5.32 Å². The molecule has 0 spiro atoms. The fraction of sp³-hybridized carbons (Fsp3) is 0.889. The van der Waals surface area contributed by atoms with Crippen LogP contribution in [0, 0.1) is 0 Å². The maximum atomic E-state index is 12.0. The van der Waals surface area contributed by atoms with Crippen LogP contribution in [0.3, 0.4) is 0 Å². The molecule has 0 saturated heterocycles. The third-order valence-corrected chi connectivity index (χ3v) is 2.37. The number of thioether (sulfide) groups is 1. The van der Waals surface area contributed by atoms with E-state index in [0.29, 0.717) is 12.2 Å². The highest BCUT2D eigenvalue weighted by Gasteiger charge is 2.30. The van der Waals surface area contributed by atoms with Gasteiger partial charge in [-0.2, -0.15) is 24.9 Å². The van der Waals surface area contributed by atoms with E-state index in [9.17, 15) is 18.0 Å². The molecule has 0 aliphatic heterocycles. The monoisotopic (exact) mass is 259 g/mol. The molecular formula is C9H16F3NO2S. The Hall–Kier alpha value is -0.430. The van der Waals surface area contributed by atoms with Crippen molar-refractivity contribution in [1.29, 1.82) is 0 Å². The Labute approximate surface area is 97.1 Å². The molecule has 3 nitrogen and oxygen atoms in total. The Morgan fingerprint density at radius 2 is 2.12 bits per heavy atom. The van der Waals surface area contributed by atoms with Crippen LogP contribution in [0.25, 0.3) is 0 Å². The van der Waals surface area contributed by atoms with Crippen molar-refractivity contribution >= 4 is 17.7 Å². The average Bonchev–Trinajstić information content (AvgIpc) is 2.16. The fourth-order valence-corrected chi connectivity index (χ4v) is 1.49. The number of ether oxygens (including phenoxy) is 1. The number of alkyl halides is 3. The molecule has 7 heteroatoms. The Kier molecular flexibility index (Phi) is 7.57. The van der Waals surface area contributed by atoms with Gasteiger partial charge in [0.2, 0.25) is 0 Å². The first-order valence-corrected chi connectivity index (χ1v) is 6.25. The third-order valence-electron chi connectivity index (χ3n) is 1.73. The number of nitrogens with one attached hydrogen (secondary N) is 1. The van der Waals surface area contributed by atoms with Gasteiger partial charge in [0.15, 0.2) is 0 Å². The van der Waals surface area contributed by atoms with Gasteiger partial charge in [-0.3, -0.25) is 10.1 Å². The Morgan fingerprint density at radius 1 is 1.50 bits per heavy atom. The molecule has 0 aromatic rings. The van der Waals surface area contributed by atoms with E-state index in [1.165, 1.54) is 11.8 Å². The van der Waals surface area contributed by atoms with Crippen LogP contribution in [0.5, 0.6) is 0 Å². The summed E-state index contributed by atoms with van der Waals surface area (Å²) in [6.45, 7) is 0.612. The van der Waals surface area contributed by atoms with Crippen LogP contribution in [0.1, 0.15) is 13.3 Å². The van der Waals surface area contributed by atoms with Crippen LogP contribution in [0.15, 0.2) is 0 Å². The number of hydrogen-bond donors (Lipinski definition) is 1. The molecule has 16 heavy (non-hydrogen) atoms. The van der Waals surface area contributed by atoms with Crippen molar-refractivity contribution in [2.45, 2.75) is 25.6 Å². The zero-order chi connectivity index (χ0) is 12.6. The topological polar surface area (TPSA) is 38.3 Å². The molecule has 0 aromatic carbocycles. The molecule has 1 atom stereocenters. The van der Waals surface area contributed by atoms with Crippen LogP contribution in [0.4, 0.5) is 13.2 Å². The first kappa shape index (κ1) is 15.6. The van der Waals surface area contributed by atoms with Crippen molar-refractivity contribution < 1.29 is 22.7 Å². The van der Waals surface area contributed by atoms with Gasteiger partial charge in [-0.25, -0.2) is 0 Å². The molecular weight excluding hydrogens is 243 g/mol. The number of rotatable bonds is 7. The number of carbonyl (C=O) groups is 1. The van der Waals surface area contributed by atoms with Gasteiger partial charge >= 0.3 is 12.1 Å². The van der Waals surface area contributed by atoms with Crippen LogP contribution < -0.4 is 5.32 Å². The number of carbonyl (C=O) groups excluding carboxylic acids is 1. The lowest BCUT2D eigenvalue weighted by Gasteiger charge is -2.17. The van der Waals surface area contributed by atoms with Gasteiger partial charge in [0.05, 0.1) is 13.2 Å². The summed E-state index contributed by atoms with van der Waals surface area (Å²) < 4.78 is 40.6. The second-order valence-corrected chi connectivity index (χ2v) is 4.07. The molecule has 0 amide bonds. The second-order valence-electron chi connectivity index (χ2n) is 3.08. The van der Waals surface area contributed by atoms with E-state index in [4.69, 9.17) is 0 Å². The highest BCUT2D eigenvalue weighted by atomic mass is 32.2. The summed E-state index contributed by atoms with van der Waals surface area (Å²) in [6.07, 6.45) is -2.16. The van der Waals surface area contributed by atoms with Gasteiger partial charge in [-0.05, 0) is 25.4 Å². The number of halogens is 3. The minimum absolute atomic E-state index is 0.169. The summed E-state index contributed by atoms with van der Waals surface area (Å²) in [5, 5.41) is 2.17. The molecule has 0 aliphatic rings. The lowest BCUT2D eigenvalue weighted by Crippen LogP contribution is -2.43. The van der Waals surface area contributed by atoms with Crippen LogP contribution in [0.2, 0.25) is 0 Å². The Bertz CT molecular complexity index is 211. The van der Waals surface area contributed by atoms with Gasteiger partial charge < -0.3 is 4.74 Å². The van der Waals surface area contributed by atoms with Crippen molar-refractivity contribution in [3.05, 3.63) is 0 Å². The van der Waals surface area contributed by atoms with Gasteiger partial charge in [0.25, 0.3) is 0 Å². The first-order valence-electron chi connectivity index (χ1n) is 4.86. The van der Waals surface area contributed by atoms with E-state index in [2.05, 4.69) is 10.1 Å². The molecule has 0 bridgehead atoms. The normalized spacial score (nSPS) is 13.6. The Morgan fingerprint density at radius 3 is 2.56 bits per heavy atom. The van der Waals surface area contributed by atoms with Crippen LogP contribution >= 0.6 is 11.8 Å². The maximum absolute atomic E-state index is 12.0. The molecule has 0 aromatic heterocycles. The predicted octanol–water partition coefficient (Wildman–Crippen LogP) is 1.82. The molecule has 0 aliphatic carbocycles. The van der Waals surface area contributed by atoms with Gasteiger partial charge in [0.1, 0.15) is 6.04 Å². The smallest absolute Gasteiger partial charge is 0.401 e. The molecule has 1 unspecified atom stereocenters. The van der Waals surface area contributed by atoms with Gasteiger partial charge in [0, 0.05) is 0 Å². The SMILES string of the molecule is CCOC(=O)C(CCSC)NCC(F)(F)F. The molecule has 0 radical (unpaired) electrons. The maximum Gasteiger partial charge on any atom is 0.401 e. The molecule has 96 valence electrons. The fourth-order valence-electron chi connectivity index (χ4n) is 1.02. The zero-order valence-corrected chi connectivity index (χ0v) is 10.1. The summed E-state index contributed by atoms with van der Waals surface area (Å²) in [6, 6.07) is -0.881. The second kappa shape index (κ2) is 7.78. The van der Waals surface area contributed by atoms with E-state index in [1.807, 2.05) is 6.26 Å². The third kappa shape index (κ3) is 7.81. The summed E-state index contributed by atoms with van der Waals surface area (Å²) in [5.74, 6) is -0.0188. The van der Waals surface area contributed by atoms with Gasteiger partial charge in [-0.15, -0.1) is 0 Å².